The minimum absolute atomic E-state index is 0.110. The third-order valence-corrected chi connectivity index (χ3v) is 4.56. The Morgan fingerprint density at radius 1 is 1.04 bits per heavy atom. The molecule has 5 nitrogen and oxygen atoms in total. The van der Waals surface area contributed by atoms with Crippen molar-refractivity contribution in [1.29, 1.82) is 0 Å². The largest absolute Gasteiger partial charge is 0.466 e. The van der Waals surface area contributed by atoms with Crippen LogP contribution in [0.3, 0.4) is 0 Å². The normalized spacial score (nSPS) is 17.2. The van der Waals surface area contributed by atoms with E-state index in [1.54, 1.807) is 13.8 Å². The van der Waals surface area contributed by atoms with Gasteiger partial charge in [0.25, 0.3) is 0 Å². The lowest BCUT2D eigenvalue weighted by molar-refractivity contribution is -0.165. The molecule has 0 amide bonds. The number of hydrogen-bond donors (Lipinski definition) is 0. The highest BCUT2D eigenvalue weighted by Crippen LogP contribution is 2.37. The fraction of sp³-hybridized carbons (Fsp3) is 0.579. The SMILES string of the molecule is CCOC(=O)CC1(C(=O)OCC)CCN(Cc2ccccc2)CC1. The number of carbonyl (C=O) groups is 2. The minimum Gasteiger partial charge on any atom is -0.466 e. The number of hydrogen-bond acceptors (Lipinski definition) is 5. The van der Waals surface area contributed by atoms with E-state index in [-0.39, 0.29) is 18.4 Å². The van der Waals surface area contributed by atoms with E-state index in [4.69, 9.17) is 9.47 Å². The predicted octanol–water partition coefficient (Wildman–Crippen LogP) is 2.79. The van der Waals surface area contributed by atoms with Crippen molar-refractivity contribution in [2.75, 3.05) is 26.3 Å². The number of rotatable bonds is 7. The summed E-state index contributed by atoms with van der Waals surface area (Å²) in [4.78, 5) is 26.7. The highest BCUT2D eigenvalue weighted by Gasteiger charge is 2.44. The zero-order chi connectivity index (χ0) is 17.4. The number of piperidine rings is 1. The fourth-order valence-electron chi connectivity index (χ4n) is 3.21. The van der Waals surface area contributed by atoms with Gasteiger partial charge in [-0.05, 0) is 45.3 Å². The molecular weight excluding hydrogens is 306 g/mol. The second-order valence-corrected chi connectivity index (χ2v) is 6.24. The standard InChI is InChI=1S/C19H27NO4/c1-3-23-17(21)14-19(18(22)24-4-2)10-12-20(13-11-19)15-16-8-6-5-7-9-16/h5-9H,3-4,10-15H2,1-2H3. The molecule has 0 N–H and O–H groups in total. The third kappa shape index (κ3) is 4.81. The molecule has 0 aromatic heterocycles. The van der Waals surface area contributed by atoms with Crippen molar-refractivity contribution in [2.45, 2.75) is 39.7 Å². The maximum atomic E-state index is 12.5. The van der Waals surface area contributed by atoms with Crippen LogP contribution in [0.1, 0.15) is 38.7 Å². The molecule has 0 saturated carbocycles. The average molecular weight is 333 g/mol. The molecule has 1 aromatic rings. The zero-order valence-corrected chi connectivity index (χ0v) is 14.6. The quantitative estimate of drug-likeness (QED) is 0.718. The summed E-state index contributed by atoms with van der Waals surface area (Å²) >= 11 is 0. The van der Waals surface area contributed by atoms with Gasteiger partial charge in [0.2, 0.25) is 0 Å². The van der Waals surface area contributed by atoms with E-state index in [9.17, 15) is 9.59 Å². The fourth-order valence-corrected chi connectivity index (χ4v) is 3.21. The number of carbonyl (C=O) groups excluding carboxylic acids is 2. The molecule has 24 heavy (non-hydrogen) atoms. The van der Waals surface area contributed by atoms with Gasteiger partial charge in [0.15, 0.2) is 0 Å². The molecule has 1 aliphatic rings. The number of ether oxygens (including phenoxy) is 2. The molecule has 132 valence electrons. The Kier molecular flexibility index (Phi) is 6.79. The van der Waals surface area contributed by atoms with Crippen LogP contribution in [0.15, 0.2) is 30.3 Å². The van der Waals surface area contributed by atoms with Crippen molar-refractivity contribution in [3.8, 4) is 0 Å². The molecule has 0 spiro atoms. The van der Waals surface area contributed by atoms with E-state index in [1.165, 1.54) is 5.56 Å². The van der Waals surface area contributed by atoms with Crippen LogP contribution in [0.4, 0.5) is 0 Å². The first-order valence-corrected chi connectivity index (χ1v) is 8.69. The van der Waals surface area contributed by atoms with Gasteiger partial charge in [-0.1, -0.05) is 30.3 Å². The lowest BCUT2D eigenvalue weighted by Crippen LogP contribution is -2.46. The predicted molar refractivity (Wildman–Crippen MR) is 91.3 cm³/mol. The van der Waals surface area contributed by atoms with Gasteiger partial charge in [0.05, 0.1) is 25.0 Å². The molecule has 0 unspecified atom stereocenters. The first-order chi connectivity index (χ1) is 11.6. The van der Waals surface area contributed by atoms with E-state index in [2.05, 4.69) is 17.0 Å². The molecular formula is C19H27NO4. The van der Waals surface area contributed by atoms with Crippen LogP contribution in [-0.4, -0.2) is 43.1 Å². The molecule has 1 saturated heterocycles. The maximum Gasteiger partial charge on any atom is 0.312 e. The molecule has 5 heteroatoms. The van der Waals surface area contributed by atoms with Crippen LogP contribution in [0, 0.1) is 5.41 Å². The van der Waals surface area contributed by atoms with Crippen LogP contribution in [-0.2, 0) is 25.6 Å². The topological polar surface area (TPSA) is 55.8 Å². The number of likely N-dealkylation sites (tertiary alicyclic amines) is 1. The molecule has 1 aliphatic heterocycles. The molecule has 2 rings (SSSR count). The van der Waals surface area contributed by atoms with Gasteiger partial charge in [-0.15, -0.1) is 0 Å². The van der Waals surface area contributed by atoms with Crippen molar-refractivity contribution < 1.29 is 19.1 Å². The summed E-state index contributed by atoms with van der Waals surface area (Å²) in [5.74, 6) is -0.584. The summed E-state index contributed by atoms with van der Waals surface area (Å²) in [5, 5.41) is 0. The van der Waals surface area contributed by atoms with Crippen LogP contribution in [0.2, 0.25) is 0 Å². The smallest absolute Gasteiger partial charge is 0.312 e. The van der Waals surface area contributed by atoms with E-state index < -0.39 is 5.41 Å². The Morgan fingerprint density at radius 3 is 2.25 bits per heavy atom. The zero-order valence-electron chi connectivity index (χ0n) is 14.6. The van der Waals surface area contributed by atoms with Crippen molar-refractivity contribution in [3.63, 3.8) is 0 Å². The number of nitrogens with zero attached hydrogens (tertiary/aromatic N) is 1. The molecule has 0 aliphatic carbocycles. The van der Waals surface area contributed by atoms with E-state index in [1.807, 2.05) is 18.2 Å². The average Bonchev–Trinajstić information content (AvgIpc) is 2.58. The first-order valence-electron chi connectivity index (χ1n) is 8.69. The highest BCUT2D eigenvalue weighted by atomic mass is 16.5. The summed E-state index contributed by atoms with van der Waals surface area (Å²) in [6.45, 7) is 6.63. The lowest BCUT2D eigenvalue weighted by atomic mass is 9.75. The van der Waals surface area contributed by atoms with Crippen molar-refractivity contribution >= 4 is 11.9 Å². The Morgan fingerprint density at radius 2 is 1.67 bits per heavy atom. The Bertz CT molecular complexity index is 536. The first kappa shape index (κ1) is 18.5. The van der Waals surface area contributed by atoms with E-state index in [0.29, 0.717) is 26.1 Å². The summed E-state index contributed by atoms with van der Waals surface area (Å²) in [7, 11) is 0. The Balaban J connectivity index is 2.00. The molecule has 1 aromatic carbocycles. The molecule has 0 bridgehead atoms. The number of esters is 2. The molecule has 1 heterocycles. The minimum atomic E-state index is -0.741. The molecule has 0 atom stereocenters. The summed E-state index contributed by atoms with van der Waals surface area (Å²) in [6.07, 6.45) is 1.35. The van der Waals surface area contributed by atoms with E-state index in [0.717, 1.165) is 19.6 Å². The van der Waals surface area contributed by atoms with Gasteiger partial charge < -0.3 is 9.47 Å². The van der Waals surface area contributed by atoms with Crippen LogP contribution in [0.25, 0.3) is 0 Å². The van der Waals surface area contributed by atoms with Crippen molar-refractivity contribution in [3.05, 3.63) is 35.9 Å². The van der Waals surface area contributed by atoms with E-state index >= 15 is 0 Å². The van der Waals surface area contributed by atoms with Crippen LogP contribution in [0.5, 0.6) is 0 Å². The number of benzene rings is 1. The molecule has 1 fully saturated rings. The van der Waals surface area contributed by atoms with Crippen LogP contribution < -0.4 is 0 Å². The monoisotopic (exact) mass is 333 g/mol. The van der Waals surface area contributed by atoms with Crippen molar-refractivity contribution in [1.82, 2.24) is 4.90 Å². The lowest BCUT2D eigenvalue weighted by Gasteiger charge is -2.39. The van der Waals surface area contributed by atoms with Crippen molar-refractivity contribution in [2.24, 2.45) is 5.41 Å². The Hall–Kier alpha value is -1.88. The van der Waals surface area contributed by atoms with Gasteiger partial charge in [-0.3, -0.25) is 14.5 Å². The summed E-state index contributed by atoms with van der Waals surface area (Å²) in [6, 6.07) is 10.3. The van der Waals surface area contributed by atoms with Crippen LogP contribution >= 0.6 is 0 Å². The summed E-state index contributed by atoms with van der Waals surface area (Å²) < 4.78 is 10.3. The van der Waals surface area contributed by atoms with Gasteiger partial charge in [-0.25, -0.2) is 0 Å². The second-order valence-electron chi connectivity index (χ2n) is 6.24. The van der Waals surface area contributed by atoms with Gasteiger partial charge >= 0.3 is 11.9 Å². The maximum absolute atomic E-state index is 12.5. The third-order valence-electron chi connectivity index (χ3n) is 4.56. The Labute approximate surface area is 143 Å². The van der Waals surface area contributed by atoms with Gasteiger partial charge in [0.1, 0.15) is 0 Å². The van der Waals surface area contributed by atoms with Gasteiger partial charge in [-0.2, -0.15) is 0 Å². The second kappa shape index (κ2) is 8.83. The highest BCUT2D eigenvalue weighted by molar-refractivity contribution is 5.83. The van der Waals surface area contributed by atoms with Gasteiger partial charge in [0, 0.05) is 6.54 Å². The summed E-state index contributed by atoms with van der Waals surface area (Å²) in [5.41, 5.74) is 0.515. The molecule has 0 radical (unpaired) electrons.